The van der Waals surface area contributed by atoms with E-state index in [4.69, 9.17) is 10.5 Å². The predicted octanol–water partition coefficient (Wildman–Crippen LogP) is 2.14. The molecule has 1 fully saturated rings. The van der Waals surface area contributed by atoms with Gasteiger partial charge in [-0.05, 0) is 43.3 Å². The second-order valence-corrected chi connectivity index (χ2v) is 7.78. The van der Waals surface area contributed by atoms with Crippen molar-refractivity contribution in [2.45, 2.75) is 70.1 Å². The van der Waals surface area contributed by atoms with Gasteiger partial charge >= 0.3 is 5.97 Å². The van der Waals surface area contributed by atoms with E-state index in [-0.39, 0.29) is 18.4 Å². The van der Waals surface area contributed by atoms with Gasteiger partial charge in [0.1, 0.15) is 5.76 Å². The lowest BCUT2D eigenvalue weighted by Crippen LogP contribution is -2.57. The number of nitrogens with one attached hydrogen (secondary N) is 1. The average Bonchev–Trinajstić information content (AvgIpc) is 3.35. The molecule has 2 aliphatic rings. The molecule has 0 aromatic heterocycles. The minimum absolute atomic E-state index is 0.00447. The fraction of sp³-hybridized carbons (Fsp3) is 0.737. The second-order valence-electron chi connectivity index (χ2n) is 7.78. The standard InChI is InChI=1S/C19H32N2O4/c1-13(2)10-17(20)19(24,18(22)23)12-15-11-16(7-8-21-15)25-9-3-4-14-5-6-14/h7-8,11,13-15,17,21,24H,3-6,9-10,12,20H2,1-2H3,(H,22,23)/t15?,17-,19+/m0/s1. The lowest BCUT2D eigenvalue weighted by Gasteiger charge is -2.34. The molecule has 1 saturated carbocycles. The molecule has 1 aliphatic carbocycles. The number of aliphatic hydroxyl groups is 1. The average molecular weight is 352 g/mol. The van der Waals surface area contributed by atoms with E-state index in [0.29, 0.717) is 18.8 Å². The molecule has 1 heterocycles. The molecule has 6 nitrogen and oxygen atoms in total. The monoisotopic (exact) mass is 352 g/mol. The summed E-state index contributed by atoms with van der Waals surface area (Å²) in [7, 11) is 0. The molecule has 2 rings (SSSR count). The third-order valence-electron chi connectivity index (χ3n) is 4.89. The van der Waals surface area contributed by atoms with Crippen molar-refractivity contribution in [3.05, 3.63) is 24.1 Å². The summed E-state index contributed by atoms with van der Waals surface area (Å²) >= 11 is 0. The molecule has 5 N–H and O–H groups in total. The van der Waals surface area contributed by atoms with Crippen molar-refractivity contribution in [3.63, 3.8) is 0 Å². The molecule has 0 amide bonds. The van der Waals surface area contributed by atoms with Crippen molar-refractivity contribution in [1.82, 2.24) is 5.32 Å². The highest BCUT2D eigenvalue weighted by Crippen LogP contribution is 2.33. The maximum atomic E-state index is 11.7. The van der Waals surface area contributed by atoms with Crippen LogP contribution < -0.4 is 11.1 Å². The molecular formula is C19H32N2O4. The number of carboxylic acid groups (broad SMARTS) is 1. The first kappa shape index (κ1) is 19.8. The summed E-state index contributed by atoms with van der Waals surface area (Å²) in [6.07, 6.45) is 10.8. The number of carbonyl (C=O) groups is 1. The van der Waals surface area contributed by atoms with Crippen molar-refractivity contribution < 1.29 is 19.7 Å². The summed E-state index contributed by atoms with van der Waals surface area (Å²) in [6.45, 7) is 4.57. The van der Waals surface area contributed by atoms with E-state index < -0.39 is 17.6 Å². The second kappa shape index (κ2) is 8.72. The lowest BCUT2D eigenvalue weighted by molar-refractivity contribution is -0.162. The van der Waals surface area contributed by atoms with Gasteiger partial charge in [-0.3, -0.25) is 0 Å². The van der Waals surface area contributed by atoms with Crippen LogP contribution in [0.3, 0.4) is 0 Å². The van der Waals surface area contributed by atoms with Gasteiger partial charge in [0.2, 0.25) is 0 Å². The minimum Gasteiger partial charge on any atom is -0.494 e. The summed E-state index contributed by atoms with van der Waals surface area (Å²) < 4.78 is 5.77. The van der Waals surface area contributed by atoms with Gasteiger partial charge in [-0.1, -0.05) is 26.7 Å². The molecule has 1 aliphatic heterocycles. The van der Waals surface area contributed by atoms with E-state index in [1.807, 2.05) is 26.0 Å². The molecular weight excluding hydrogens is 320 g/mol. The number of dihydropyridines is 1. The predicted molar refractivity (Wildman–Crippen MR) is 96.7 cm³/mol. The molecule has 1 unspecified atom stereocenters. The maximum Gasteiger partial charge on any atom is 0.337 e. The van der Waals surface area contributed by atoms with E-state index in [9.17, 15) is 15.0 Å². The van der Waals surface area contributed by atoms with Gasteiger partial charge < -0.3 is 26.0 Å². The smallest absolute Gasteiger partial charge is 0.337 e. The SMILES string of the molecule is CC(C)C[C@H](N)[C@](O)(CC1C=C(OCCCC2CC2)C=CN1)C(=O)O. The molecule has 142 valence electrons. The first-order valence-electron chi connectivity index (χ1n) is 9.30. The molecule has 0 aromatic rings. The molecule has 6 heteroatoms. The van der Waals surface area contributed by atoms with Gasteiger partial charge in [0.05, 0.1) is 12.6 Å². The number of hydrogen-bond acceptors (Lipinski definition) is 5. The first-order valence-corrected chi connectivity index (χ1v) is 9.30. The summed E-state index contributed by atoms with van der Waals surface area (Å²) in [4.78, 5) is 11.7. The van der Waals surface area contributed by atoms with Crippen molar-refractivity contribution in [2.24, 2.45) is 17.6 Å². The van der Waals surface area contributed by atoms with Crippen LogP contribution in [0.4, 0.5) is 0 Å². The molecule has 0 radical (unpaired) electrons. The number of carboxylic acids is 1. The van der Waals surface area contributed by atoms with Gasteiger partial charge in [0, 0.05) is 18.7 Å². The number of hydrogen-bond donors (Lipinski definition) is 4. The Kier molecular flexibility index (Phi) is 6.90. The molecule has 3 atom stereocenters. The number of allylic oxidation sites excluding steroid dienone is 1. The van der Waals surface area contributed by atoms with E-state index in [0.717, 1.165) is 12.3 Å². The Labute approximate surface area is 150 Å². The van der Waals surface area contributed by atoms with Gasteiger partial charge in [0.15, 0.2) is 5.60 Å². The Bertz CT molecular complexity index is 514. The van der Waals surface area contributed by atoms with Crippen LogP contribution in [0.1, 0.15) is 52.4 Å². The zero-order valence-corrected chi connectivity index (χ0v) is 15.3. The fourth-order valence-electron chi connectivity index (χ4n) is 3.17. The lowest BCUT2D eigenvalue weighted by atomic mass is 9.83. The van der Waals surface area contributed by atoms with Crippen molar-refractivity contribution in [2.75, 3.05) is 6.61 Å². The molecule has 0 bridgehead atoms. The van der Waals surface area contributed by atoms with Gasteiger partial charge in [-0.25, -0.2) is 4.79 Å². The highest BCUT2D eigenvalue weighted by molar-refractivity contribution is 5.78. The number of nitrogens with two attached hydrogens (primary N) is 1. The molecule has 0 aromatic carbocycles. The van der Waals surface area contributed by atoms with E-state index in [1.54, 1.807) is 6.20 Å². The van der Waals surface area contributed by atoms with Crippen LogP contribution in [-0.2, 0) is 9.53 Å². The Balaban J connectivity index is 1.90. The van der Waals surface area contributed by atoms with Crippen LogP contribution in [0, 0.1) is 11.8 Å². The van der Waals surface area contributed by atoms with Crippen molar-refractivity contribution in [3.8, 4) is 0 Å². The van der Waals surface area contributed by atoms with Gasteiger partial charge in [-0.2, -0.15) is 0 Å². The highest BCUT2D eigenvalue weighted by atomic mass is 16.5. The maximum absolute atomic E-state index is 11.7. The van der Waals surface area contributed by atoms with Crippen LogP contribution in [0.5, 0.6) is 0 Å². The van der Waals surface area contributed by atoms with Crippen LogP contribution in [0.2, 0.25) is 0 Å². The zero-order valence-electron chi connectivity index (χ0n) is 15.3. The summed E-state index contributed by atoms with van der Waals surface area (Å²) in [5.74, 6) is 0.532. The van der Waals surface area contributed by atoms with E-state index in [1.165, 1.54) is 19.3 Å². The van der Waals surface area contributed by atoms with Crippen LogP contribution in [-0.4, -0.2) is 40.5 Å². The Morgan fingerprint density at radius 3 is 2.80 bits per heavy atom. The quantitative estimate of drug-likeness (QED) is 0.425. The highest BCUT2D eigenvalue weighted by Gasteiger charge is 2.44. The number of rotatable bonds is 11. The molecule has 25 heavy (non-hydrogen) atoms. The van der Waals surface area contributed by atoms with Gasteiger partial charge in [0.25, 0.3) is 0 Å². The minimum atomic E-state index is -1.97. The van der Waals surface area contributed by atoms with Crippen LogP contribution >= 0.6 is 0 Å². The third-order valence-corrected chi connectivity index (χ3v) is 4.89. The Hall–Kier alpha value is -1.53. The number of ether oxygens (including phenoxy) is 1. The fourth-order valence-corrected chi connectivity index (χ4v) is 3.17. The summed E-state index contributed by atoms with van der Waals surface area (Å²) in [5, 5.41) is 23.3. The van der Waals surface area contributed by atoms with E-state index in [2.05, 4.69) is 5.32 Å². The first-order chi connectivity index (χ1) is 11.8. The largest absolute Gasteiger partial charge is 0.494 e. The van der Waals surface area contributed by atoms with Crippen LogP contribution in [0.15, 0.2) is 24.1 Å². The van der Waals surface area contributed by atoms with Crippen molar-refractivity contribution >= 4 is 5.97 Å². The van der Waals surface area contributed by atoms with Crippen molar-refractivity contribution in [1.29, 1.82) is 0 Å². The summed E-state index contributed by atoms with van der Waals surface area (Å²) in [5.41, 5.74) is 4.04. The Morgan fingerprint density at radius 1 is 1.48 bits per heavy atom. The molecule has 0 saturated heterocycles. The molecule has 0 spiro atoms. The normalized spacial score (nSPS) is 23.6. The number of aliphatic carboxylic acids is 1. The third kappa shape index (κ3) is 6.04. The van der Waals surface area contributed by atoms with E-state index >= 15 is 0 Å². The zero-order chi connectivity index (χ0) is 18.4. The Morgan fingerprint density at radius 2 is 2.20 bits per heavy atom. The topological polar surface area (TPSA) is 105 Å². The summed E-state index contributed by atoms with van der Waals surface area (Å²) in [6, 6.07) is -1.16. The van der Waals surface area contributed by atoms with Gasteiger partial charge in [-0.15, -0.1) is 0 Å². The van der Waals surface area contributed by atoms with Crippen LogP contribution in [0.25, 0.3) is 0 Å².